The molecule has 5 heteroatoms. The van der Waals surface area contributed by atoms with Gasteiger partial charge in [0.2, 0.25) is 0 Å². The van der Waals surface area contributed by atoms with Crippen molar-refractivity contribution >= 4 is 17.3 Å². The molecule has 0 saturated heterocycles. The van der Waals surface area contributed by atoms with Crippen molar-refractivity contribution in [3.8, 4) is 5.75 Å². The van der Waals surface area contributed by atoms with Gasteiger partial charge in [-0.2, -0.15) is 0 Å². The van der Waals surface area contributed by atoms with Crippen molar-refractivity contribution in [3.63, 3.8) is 0 Å². The molecule has 0 heterocycles. The third-order valence-electron chi connectivity index (χ3n) is 3.65. The molecular formula is C20H18ClFN2O. The third kappa shape index (κ3) is 4.95. The van der Waals surface area contributed by atoms with E-state index in [1.807, 2.05) is 36.4 Å². The van der Waals surface area contributed by atoms with Crippen LogP contribution >= 0.6 is 11.6 Å². The maximum absolute atomic E-state index is 13.7. The highest BCUT2D eigenvalue weighted by Gasteiger charge is 2.07. The van der Waals surface area contributed by atoms with Gasteiger partial charge in [-0.15, -0.1) is 0 Å². The van der Waals surface area contributed by atoms with Crippen LogP contribution in [0.2, 0.25) is 5.02 Å². The van der Waals surface area contributed by atoms with E-state index in [2.05, 4.69) is 10.9 Å². The molecule has 0 unspecified atom stereocenters. The van der Waals surface area contributed by atoms with Gasteiger partial charge in [0.1, 0.15) is 18.2 Å². The summed E-state index contributed by atoms with van der Waals surface area (Å²) >= 11 is 6.09. The number of nitrogens with one attached hydrogen (secondary N) is 2. The molecule has 0 atom stereocenters. The van der Waals surface area contributed by atoms with E-state index in [0.717, 1.165) is 11.3 Å². The second kappa shape index (κ2) is 8.51. The normalized spacial score (nSPS) is 10.5. The predicted octanol–water partition coefficient (Wildman–Crippen LogP) is 5.17. The molecule has 0 amide bonds. The van der Waals surface area contributed by atoms with Crippen molar-refractivity contribution in [2.75, 3.05) is 5.43 Å². The quantitative estimate of drug-likeness (QED) is 0.572. The molecule has 0 spiro atoms. The SMILES string of the molecule is Fc1ccccc1COc1ccc(Cl)cc1CNNc1ccccc1. The minimum atomic E-state index is -0.276. The molecule has 0 aliphatic rings. The summed E-state index contributed by atoms with van der Waals surface area (Å²) in [5.74, 6) is 0.386. The lowest BCUT2D eigenvalue weighted by atomic mass is 10.2. The molecule has 0 radical (unpaired) electrons. The van der Waals surface area contributed by atoms with Gasteiger partial charge in [-0.05, 0) is 36.4 Å². The fourth-order valence-corrected chi connectivity index (χ4v) is 2.56. The van der Waals surface area contributed by atoms with E-state index in [1.165, 1.54) is 6.07 Å². The van der Waals surface area contributed by atoms with Crippen LogP contribution in [0, 0.1) is 5.82 Å². The number of hydrogen-bond acceptors (Lipinski definition) is 3. The molecule has 0 bridgehead atoms. The molecule has 3 aromatic carbocycles. The van der Waals surface area contributed by atoms with Gasteiger partial charge in [0, 0.05) is 28.4 Å². The van der Waals surface area contributed by atoms with Crippen LogP contribution in [0.5, 0.6) is 5.75 Å². The summed E-state index contributed by atoms with van der Waals surface area (Å²) in [5.41, 5.74) is 8.60. The summed E-state index contributed by atoms with van der Waals surface area (Å²) in [5, 5.41) is 0.620. The van der Waals surface area contributed by atoms with Crippen LogP contribution in [-0.4, -0.2) is 0 Å². The Morgan fingerprint density at radius 2 is 1.64 bits per heavy atom. The summed E-state index contributed by atoms with van der Waals surface area (Å²) in [6.07, 6.45) is 0. The third-order valence-corrected chi connectivity index (χ3v) is 3.88. The van der Waals surface area contributed by atoms with Crippen molar-refractivity contribution in [1.82, 2.24) is 5.43 Å². The summed E-state index contributed by atoms with van der Waals surface area (Å²) in [6.45, 7) is 0.662. The Balaban J connectivity index is 1.64. The number of hydrazine groups is 1. The van der Waals surface area contributed by atoms with Crippen LogP contribution in [0.3, 0.4) is 0 Å². The monoisotopic (exact) mass is 356 g/mol. The van der Waals surface area contributed by atoms with Crippen LogP contribution in [0.1, 0.15) is 11.1 Å². The Bertz CT molecular complexity index is 827. The Kier molecular flexibility index (Phi) is 5.88. The van der Waals surface area contributed by atoms with E-state index < -0.39 is 0 Å². The van der Waals surface area contributed by atoms with E-state index >= 15 is 0 Å². The first-order valence-electron chi connectivity index (χ1n) is 7.91. The summed E-state index contributed by atoms with van der Waals surface area (Å²) in [7, 11) is 0. The molecule has 0 aliphatic heterocycles. The van der Waals surface area contributed by atoms with Crippen molar-refractivity contribution in [2.45, 2.75) is 13.2 Å². The molecule has 0 aromatic heterocycles. The average Bonchev–Trinajstić information content (AvgIpc) is 2.63. The number of halogens is 2. The number of para-hydroxylation sites is 1. The van der Waals surface area contributed by atoms with Gasteiger partial charge in [-0.1, -0.05) is 48.0 Å². The zero-order chi connectivity index (χ0) is 17.5. The second-order valence-electron chi connectivity index (χ2n) is 5.48. The highest BCUT2D eigenvalue weighted by atomic mass is 35.5. The first-order chi connectivity index (χ1) is 12.2. The molecule has 0 aliphatic carbocycles. The van der Waals surface area contributed by atoms with Gasteiger partial charge in [-0.3, -0.25) is 0 Å². The molecule has 3 aromatic rings. The summed E-state index contributed by atoms with van der Waals surface area (Å²) < 4.78 is 19.5. The van der Waals surface area contributed by atoms with Crippen molar-refractivity contribution in [1.29, 1.82) is 0 Å². The Morgan fingerprint density at radius 1 is 0.880 bits per heavy atom. The van der Waals surface area contributed by atoms with E-state index in [-0.39, 0.29) is 12.4 Å². The number of ether oxygens (including phenoxy) is 1. The van der Waals surface area contributed by atoms with E-state index in [4.69, 9.17) is 16.3 Å². The predicted molar refractivity (Wildman–Crippen MR) is 99.1 cm³/mol. The maximum atomic E-state index is 13.7. The highest BCUT2D eigenvalue weighted by molar-refractivity contribution is 6.30. The average molecular weight is 357 g/mol. The maximum Gasteiger partial charge on any atom is 0.129 e. The molecule has 0 fully saturated rings. The van der Waals surface area contributed by atoms with Crippen LogP contribution in [0.15, 0.2) is 72.8 Å². The Labute approximate surface area is 151 Å². The lowest BCUT2D eigenvalue weighted by molar-refractivity contribution is 0.296. The van der Waals surface area contributed by atoms with Gasteiger partial charge in [0.15, 0.2) is 0 Å². The minimum Gasteiger partial charge on any atom is -0.488 e. The molecule has 3 rings (SSSR count). The molecular weight excluding hydrogens is 339 g/mol. The van der Waals surface area contributed by atoms with Crippen LogP contribution in [0.4, 0.5) is 10.1 Å². The minimum absolute atomic E-state index is 0.160. The van der Waals surface area contributed by atoms with Gasteiger partial charge in [0.05, 0.1) is 0 Å². The fourth-order valence-electron chi connectivity index (χ4n) is 2.36. The highest BCUT2D eigenvalue weighted by Crippen LogP contribution is 2.24. The Hall–Kier alpha value is -2.56. The van der Waals surface area contributed by atoms with Gasteiger partial charge in [0.25, 0.3) is 0 Å². The molecule has 3 nitrogen and oxygen atoms in total. The summed E-state index contributed by atoms with van der Waals surface area (Å²) in [4.78, 5) is 0. The molecule has 25 heavy (non-hydrogen) atoms. The second-order valence-corrected chi connectivity index (χ2v) is 5.91. The van der Waals surface area contributed by atoms with Crippen molar-refractivity contribution in [3.05, 3.63) is 94.8 Å². The lowest BCUT2D eigenvalue weighted by Crippen LogP contribution is -2.21. The first kappa shape index (κ1) is 17.3. The fraction of sp³-hybridized carbons (Fsp3) is 0.100. The zero-order valence-corrected chi connectivity index (χ0v) is 14.3. The van der Waals surface area contributed by atoms with E-state index in [1.54, 1.807) is 30.3 Å². The van der Waals surface area contributed by atoms with Crippen LogP contribution in [0.25, 0.3) is 0 Å². The number of hydrogen-bond donors (Lipinski definition) is 2. The number of rotatable bonds is 7. The van der Waals surface area contributed by atoms with Crippen LogP contribution in [-0.2, 0) is 13.2 Å². The number of anilines is 1. The zero-order valence-electron chi connectivity index (χ0n) is 13.5. The van der Waals surface area contributed by atoms with Gasteiger partial charge in [-0.25, -0.2) is 9.82 Å². The van der Waals surface area contributed by atoms with Gasteiger partial charge < -0.3 is 10.2 Å². The first-order valence-corrected chi connectivity index (χ1v) is 8.29. The largest absolute Gasteiger partial charge is 0.488 e. The van der Waals surface area contributed by atoms with Crippen molar-refractivity contribution in [2.24, 2.45) is 0 Å². The number of benzene rings is 3. The standard InChI is InChI=1S/C20H18ClFN2O/c21-17-10-11-20(25-14-15-6-4-5-9-19(15)22)16(12-17)13-23-24-18-7-2-1-3-8-18/h1-12,23-24H,13-14H2. The van der Waals surface area contributed by atoms with Crippen molar-refractivity contribution < 1.29 is 9.13 Å². The smallest absolute Gasteiger partial charge is 0.129 e. The van der Waals surface area contributed by atoms with E-state index in [9.17, 15) is 4.39 Å². The lowest BCUT2D eigenvalue weighted by Gasteiger charge is -2.14. The molecule has 2 N–H and O–H groups in total. The molecule has 128 valence electrons. The van der Waals surface area contributed by atoms with Gasteiger partial charge >= 0.3 is 0 Å². The van der Waals surface area contributed by atoms with E-state index in [0.29, 0.717) is 22.9 Å². The Morgan fingerprint density at radius 3 is 2.44 bits per heavy atom. The van der Waals surface area contributed by atoms with Crippen LogP contribution < -0.4 is 15.6 Å². The summed E-state index contributed by atoms with van der Waals surface area (Å²) in [6, 6.07) is 21.7. The topological polar surface area (TPSA) is 33.3 Å². The molecule has 0 saturated carbocycles.